The molecule has 1 rings (SSSR count). The molecule has 1 fully saturated rings. The fourth-order valence-corrected chi connectivity index (χ4v) is 1.48. The van der Waals surface area contributed by atoms with E-state index in [1.807, 2.05) is 13.8 Å². The molecule has 0 aromatic heterocycles. The van der Waals surface area contributed by atoms with Crippen LogP contribution in [0.3, 0.4) is 0 Å². The molecule has 1 N–H and O–H groups in total. The summed E-state index contributed by atoms with van der Waals surface area (Å²) in [6, 6.07) is 0.686. The third-order valence-electron chi connectivity index (χ3n) is 2.64. The van der Waals surface area contributed by atoms with Crippen LogP contribution in [0.15, 0.2) is 12.7 Å². The second-order valence-electron chi connectivity index (χ2n) is 4.11. The Hall–Kier alpha value is -0.990. The number of amides is 2. The minimum absolute atomic E-state index is 0.0459. The van der Waals surface area contributed by atoms with Crippen molar-refractivity contribution in [1.29, 1.82) is 0 Å². The minimum Gasteiger partial charge on any atom is -0.335 e. The molecule has 0 aromatic rings. The SMILES string of the molecule is C=CCN(C(=O)NC1CCC1)C(C)C. The number of nitrogens with one attached hydrogen (secondary N) is 1. The van der Waals surface area contributed by atoms with Crippen LogP contribution in [0.1, 0.15) is 33.1 Å². The van der Waals surface area contributed by atoms with Crippen LogP contribution in [0.5, 0.6) is 0 Å². The normalized spacial score (nSPS) is 16.2. The van der Waals surface area contributed by atoms with Crippen molar-refractivity contribution in [2.24, 2.45) is 0 Å². The maximum absolute atomic E-state index is 11.7. The van der Waals surface area contributed by atoms with E-state index in [1.54, 1.807) is 11.0 Å². The van der Waals surface area contributed by atoms with E-state index < -0.39 is 0 Å². The Kier molecular flexibility index (Phi) is 3.98. The lowest BCUT2D eigenvalue weighted by Gasteiger charge is -2.32. The molecule has 0 bridgehead atoms. The quantitative estimate of drug-likeness (QED) is 0.686. The third kappa shape index (κ3) is 2.76. The summed E-state index contributed by atoms with van der Waals surface area (Å²) in [6.45, 7) is 8.31. The average Bonchev–Trinajstić information content (AvgIpc) is 2.06. The zero-order valence-electron chi connectivity index (χ0n) is 9.12. The van der Waals surface area contributed by atoms with Crippen LogP contribution in [0.4, 0.5) is 4.79 Å². The van der Waals surface area contributed by atoms with Crippen molar-refractivity contribution in [2.75, 3.05) is 6.54 Å². The number of hydrogen-bond donors (Lipinski definition) is 1. The Labute approximate surface area is 86.2 Å². The molecule has 1 aliphatic rings. The predicted molar refractivity (Wildman–Crippen MR) is 58.2 cm³/mol. The Morgan fingerprint density at radius 3 is 2.64 bits per heavy atom. The molecule has 1 saturated carbocycles. The van der Waals surface area contributed by atoms with Gasteiger partial charge in [-0.25, -0.2) is 4.79 Å². The number of carbonyl (C=O) groups excluding carboxylic acids is 1. The van der Waals surface area contributed by atoms with Crippen LogP contribution in [0, 0.1) is 0 Å². The van der Waals surface area contributed by atoms with Crippen LogP contribution in [-0.4, -0.2) is 29.6 Å². The van der Waals surface area contributed by atoms with Gasteiger partial charge in [0.25, 0.3) is 0 Å². The topological polar surface area (TPSA) is 32.3 Å². The van der Waals surface area contributed by atoms with Crippen molar-refractivity contribution in [3.63, 3.8) is 0 Å². The summed E-state index contributed by atoms with van der Waals surface area (Å²) in [5, 5.41) is 3.02. The monoisotopic (exact) mass is 196 g/mol. The zero-order valence-corrected chi connectivity index (χ0v) is 9.12. The fraction of sp³-hybridized carbons (Fsp3) is 0.727. The maximum atomic E-state index is 11.7. The van der Waals surface area contributed by atoms with Gasteiger partial charge >= 0.3 is 6.03 Å². The van der Waals surface area contributed by atoms with Gasteiger partial charge in [-0.1, -0.05) is 6.08 Å². The van der Waals surface area contributed by atoms with E-state index in [4.69, 9.17) is 0 Å². The third-order valence-corrected chi connectivity index (χ3v) is 2.64. The predicted octanol–water partition coefficient (Wildman–Crippen LogP) is 2.14. The molecular formula is C11H20N2O. The molecule has 0 aromatic carbocycles. The summed E-state index contributed by atoms with van der Waals surface area (Å²) in [5.41, 5.74) is 0. The molecule has 0 aliphatic heterocycles. The maximum Gasteiger partial charge on any atom is 0.318 e. The first-order valence-electron chi connectivity index (χ1n) is 5.33. The zero-order chi connectivity index (χ0) is 10.6. The van der Waals surface area contributed by atoms with Crippen molar-refractivity contribution in [3.8, 4) is 0 Å². The van der Waals surface area contributed by atoms with Crippen LogP contribution in [0.2, 0.25) is 0 Å². The summed E-state index contributed by atoms with van der Waals surface area (Å²) in [5.74, 6) is 0. The molecule has 3 heteroatoms. The Bertz CT molecular complexity index is 209. The molecule has 0 spiro atoms. The average molecular weight is 196 g/mol. The van der Waals surface area contributed by atoms with E-state index in [0.29, 0.717) is 12.6 Å². The lowest BCUT2D eigenvalue weighted by molar-refractivity contribution is 0.179. The molecule has 3 nitrogen and oxygen atoms in total. The first-order valence-corrected chi connectivity index (χ1v) is 5.33. The van der Waals surface area contributed by atoms with E-state index in [9.17, 15) is 4.79 Å². The van der Waals surface area contributed by atoms with Crippen LogP contribution in [0.25, 0.3) is 0 Å². The molecular weight excluding hydrogens is 176 g/mol. The Morgan fingerprint density at radius 2 is 2.29 bits per heavy atom. The summed E-state index contributed by atoms with van der Waals surface area (Å²) in [6.07, 6.45) is 5.27. The van der Waals surface area contributed by atoms with Gasteiger partial charge in [-0.05, 0) is 33.1 Å². The van der Waals surface area contributed by atoms with Crippen molar-refractivity contribution in [2.45, 2.75) is 45.2 Å². The van der Waals surface area contributed by atoms with Crippen LogP contribution in [-0.2, 0) is 0 Å². The summed E-state index contributed by atoms with van der Waals surface area (Å²) in [7, 11) is 0. The minimum atomic E-state index is 0.0459. The molecule has 80 valence electrons. The molecule has 0 saturated heterocycles. The van der Waals surface area contributed by atoms with Crippen LogP contribution >= 0.6 is 0 Å². The first kappa shape index (κ1) is 11.1. The second-order valence-corrected chi connectivity index (χ2v) is 4.11. The van der Waals surface area contributed by atoms with Crippen LogP contribution < -0.4 is 5.32 Å². The molecule has 0 unspecified atom stereocenters. The molecule has 0 heterocycles. The van der Waals surface area contributed by atoms with Crippen molar-refractivity contribution >= 4 is 6.03 Å². The van der Waals surface area contributed by atoms with E-state index in [0.717, 1.165) is 12.8 Å². The van der Waals surface area contributed by atoms with Gasteiger partial charge in [0.2, 0.25) is 0 Å². The largest absolute Gasteiger partial charge is 0.335 e. The Morgan fingerprint density at radius 1 is 1.64 bits per heavy atom. The van der Waals surface area contributed by atoms with E-state index >= 15 is 0 Å². The smallest absolute Gasteiger partial charge is 0.318 e. The van der Waals surface area contributed by atoms with Gasteiger partial charge in [0, 0.05) is 18.6 Å². The fourth-order valence-electron chi connectivity index (χ4n) is 1.48. The Balaban J connectivity index is 2.40. The summed E-state index contributed by atoms with van der Waals surface area (Å²) >= 11 is 0. The van der Waals surface area contributed by atoms with Crippen molar-refractivity contribution < 1.29 is 4.79 Å². The van der Waals surface area contributed by atoms with Gasteiger partial charge in [0.1, 0.15) is 0 Å². The number of carbonyl (C=O) groups is 1. The van der Waals surface area contributed by atoms with E-state index in [-0.39, 0.29) is 12.1 Å². The highest BCUT2D eigenvalue weighted by molar-refractivity contribution is 5.75. The van der Waals surface area contributed by atoms with Crippen molar-refractivity contribution in [3.05, 3.63) is 12.7 Å². The number of urea groups is 1. The van der Waals surface area contributed by atoms with E-state index in [2.05, 4.69) is 11.9 Å². The molecule has 14 heavy (non-hydrogen) atoms. The summed E-state index contributed by atoms with van der Waals surface area (Å²) < 4.78 is 0. The molecule has 1 aliphatic carbocycles. The molecule has 2 amide bonds. The van der Waals surface area contributed by atoms with Gasteiger partial charge in [-0.2, -0.15) is 0 Å². The standard InChI is InChI=1S/C11H20N2O/c1-4-8-13(9(2)3)11(14)12-10-6-5-7-10/h4,9-10H,1,5-8H2,2-3H3,(H,12,14). The van der Waals surface area contributed by atoms with Gasteiger partial charge < -0.3 is 10.2 Å². The van der Waals surface area contributed by atoms with Gasteiger partial charge in [-0.15, -0.1) is 6.58 Å². The molecule has 0 radical (unpaired) electrons. The highest BCUT2D eigenvalue weighted by atomic mass is 16.2. The lowest BCUT2D eigenvalue weighted by Crippen LogP contribution is -2.49. The number of nitrogens with zero attached hydrogens (tertiary/aromatic N) is 1. The van der Waals surface area contributed by atoms with Gasteiger partial charge in [0.15, 0.2) is 0 Å². The lowest BCUT2D eigenvalue weighted by atomic mass is 9.93. The van der Waals surface area contributed by atoms with E-state index in [1.165, 1.54) is 6.42 Å². The highest BCUT2D eigenvalue weighted by Crippen LogP contribution is 2.18. The number of hydrogen-bond acceptors (Lipinski definition) is 1. The number of rotatable bonds is 4. The van der Waals surface area contributed by atoms with Gasteiger partial charge in [0.05, 0.1) is 0 Å². The summed E-state index contributed by atoms with van der Waals surface area (Å²) in [4.78, 5) is 13.5. The molecule has 0 atom stereocenters. The van der Waals surface area contributed by atoms with Gasteiger partial charge in [-0.3, -0.25) is 0 Å². The second kappa shape index (κ2) is 5.03. The first-order chi connectivity index (χ1) is 6.65. The van der Waals surface area contributed by atoms with Crippen molar-refractivity contribution in [1.82, 2.24) is 10.2 Å². The highest BCUT2D eigenvalue weighted by Gasteiger charge is 2.23.